The van der Waals surface area contributed by atoms with E-state index in [1.54, 1.807) is 18.2 Å². The van der Waals surface area contributed by atoms with Crippen molar-refractivity contribution in [2.24, 2.45) is 0 Å². The van der Waals surface area contributed by atoms with E-state index in [0.717, 1.165) is 18.1 Å². The molecule has 0 spiro atoms. The predicted octanol–water partition coefficient (Wildman–Crippen LogP) is 4.24. The van der Waals surface area contributed by atoms with E-state index in [4.69, 9.17) is 0 Å². The first-order valence-corrected chi connectivity index (χ1v) is 9.26. The Morgan fingerprint density at radius 1 is 1.13 bits per heavy atom. The number of benzene rings is 2. The van der Waals surface area contributed by atoms with Crippen LogP contribution in [0.3, 0.4) is 0 Å². The highest BCUT2D eigenvalue weighted by Gasteiger charge is 2.22. The number of carbonyl (C=O) groups excluding carboxylic acids is 1. The van der Waals surface area contributed by atoms with Gasteiger partial charge >= 0.3 is 5.97 Å². The number of carboxylic acid groups (broad SMARTS) is 1. The summed E-state index contributed by atoms with van der Waals surface area (Å²) in [5.74, 6) is -1.49. The fourth-order valence-electron chi connectivity index (χ4n) is 2.01. The van der Waals surface area contributed by atoms with E-state index in [-0.39, 0.29) is 6.42 Å². The minimum absolute atomic E-state index is 0.232. The first-order valence-electron chi connectivity index (χ1n) is 6.60. The van der Waals surface area contributed by atoms with Crippen LogP contribution in [0.25, 0.3) is 0 Å². The van der Waals surface area contributed by atoms with E-state index in [1.807, 2.05) is 24.3 Å². The van der Waals surface area contributed by atoms with Crippen LogP contribution in [0.1, 0.15) is 15.9 Å². The lowest BCUT2D eigenvalue weighted by molar-refractivity contribution is -0.139. The molecule has 0 aliphatic carbocycles. The van der Waals surface area contributed by atoms with Crippen molar-refractivity contribution < 1.29 is 14.7 Å². The van der Waals surface area contributed by atoms with Crippen molar-refractivity contribution in [3.8, 4) is 0 Å². The van der Waals surface area contributed by atoms with Crippen LogP contribution in [0.15, 0.2) is 51.4 Å². The topological polar surface area (TPSA) is 66.4 Å². The molecule has 0 radical (unpaired) electrons. The molecule has 1 amide bonds. The normalized spacial score (nSPS) is 11.8. The Morgan fingerprint density at radius 2 is 1.74 bits per heavy atom. The van der Waals surface area contributed by atoms with Gasteiger partial charge in [-0.15, -0.1) is 0 Å². The average molecular weight is 553 g/mol. The zero-order valence-corrected chi connectivity index (χ0v) is 17.1. The van der Waals surface area contributed by atoms with Crippen LogP contribution in [0.4, 0.5) is 0 Å². The molecule has 0 saturated heterocycles. The van der Waals surface area contributed by atoms with Crippen LogP contribution in [-0.2, 0) is 11.2 Å². The third kappa shape index (κ3) is 5.29. The van der Waals surface area contributed by atoms with Crippen LogP contribution in [-0.4, -0.2) is 23.0 Å². The van der Waals surface area contributed by atoms with Crippen LogP contribution in [0.2, 0.25) is 0 Å². The summed E-state index contributed by atoms with van der Waals surface area (Å²) in [6, 6.07) is 11.6. The highest BCUT2D eigenvalue weighted by atomic mass is 127. The second-order valence-electron chi connectivity index (χ2n) is 4.82. The van der Waals surface area contributed by atoms with Crippen molar-refractivity contribution in [3.05, 3.63) is 66.1 Å². The second kappa shape index (κ2) is 8.25. The van der Waals surface area contributed by atoms with E-state index in [1.165, 1.54) is 0 Å². The van der Waals surface area contributed by atoms with Gasteiger partial charge in [0, 0.05) is 24.5 Å². The second-order valence-corrected chi connectivity index (χ2v) is 7.81. The number of amides is 1. The fraction of sp³-hybridized carbons (Fsp3) is 0.125. The lowest BCUT2D eigenvalue weighted by atomic mass is 10.1. The maximum atomic E-state index is 12.3. The van der Waals surface area contributed by atoms with Crippen molar-refractivity contribution in [2.45, 2.75) is 12.5 Å². The number of halogens is 3. The van der Waals surface area contributed by atoms with Crippen molar-refractivity contribution in [3.63, 3.8) is 0 Å². The molecule has 7 heteroatoms. The first kappa shape index (κ1) is 18.4. The van der Waals surface area contributed by atoms with Gasteiger partial charge in [0.25, 0.3) is 5.91 Å². The largest absolute Gasteiger partial charge is 0.480 e. The third-order valence-electron chi connectivity index (χ3n) is 3.11. The smallest absolute Gasteiger partial charge is 0.326 e. The van der Waals surface area contributed by atoms with Crippen molar-refractivity contribution >= 4 is 66.3 Å². The van der Waals surface area contributed by atoms with Crippen molar-refractivity contribution in [1.29, 1.82) is 0 Å². The molecule has 2 aromatic carbocycles. The van der Waals surface area contributed by atoms with E-state index in [2.05, 4.69) is 59.8 Å². The molecule has 2 rings (SSSR count). The molecule has 120 valence electrons. The SMILES string of the molecule is O=C(N[C@H](Cc1ccccc1I)C(=O)O)c1cc(Br)cc(Br)c1. The van der Waals surface area contributed by atoms with Gasteiger partial charge in [-0.2, -0.15) is 0 Å². The van der Waals surface area contributed by atoms with Gasteiger partial charge in [-0.3, -0.25) is 4.79 Å². The van der Waals surface area contributed by atoms with E-state index < -0.39 is 17.9 Å². The maximum Gasteiger partial charge on any atom is 0.326 e. The number of carboxylic acids is 1. The van der Waals surface area contributed by atoms with Crippen LogP contribution >= 0.6 is 54.5 Å². The number of aliphatic carboxylic acids is 1. The zero-order valence-electron chi connectivity index (χ0n) is 11.7. The number of rotatable bonds is 5. The van der Waals surface area contributed by atoms with Gasteiger partial charge in [-0.05, 0) is 52.4 Å². The van der Waals surface area contributed by atoms with Gasteiger partial charge < -0.3 is 10.4 Å². The summed E-state index contributed by atoms with van der Waals surface area (Å²) < 4.78 is 2.44. The molecule has 0 aliphatic heterocycles. The van der Waals surface area contributed by atoms with E-state index >= 15 is 0 Å². The summed E-state index contributed by atoms with van der Waals surface area (Å²) in [6.45, 7) is 0. The monoisotopic (exact) mass is 551 g/mol. The zero-order chi connectivity index (χ0) is 17.0. The highest BCUT2D eigenvalue weighted by Crippen LogP contribution is 2.20. The number of nitrogens with one attached hydrogen (secondary N) is 1. The van der Waals surface area contributed by atoms with Crippen LogP contribution < -0.4 is 5.32 Å². The molecule has 0 bridgehead atoms. The Morgan fingerprint density at radius 3 is 2.30 bits per heavy atom. The Kier molecular flexibility index (Phi) is 6.60. The molecule has 2 aromatic rings. The first-order chi connectivity index (χ1) is 10.9. The molecule has 0 aliphatic rings. The fourth-order valence-corrected chi connectivity index (χ4v) is 3.91. The highest BCUT2D eigenvalue weighted by molar-refractivity contribution is 14.1. The Hall–Kier alpha value is -0.930. The molecular weight excluding hydrogens is 541 g/mol. The van der Waals surface area contributed by atoms with Gasteiger partial charge in [0.15, 0.2) is 0 Å². The van der Waals surface area contributed by atoms with E-state index in [9.17, 15) is 14.7 Å². The lowest BCUT2D eigenvalue weighted by Gasteiger charge is -2.16. The number of hydrogen-bond donors (Lipinski definition) is 2. The minimum atomic E-state index is -1.06. The molecule has 23 heavy (non-hydrogen) atoms. The molecule has 4 nitrogen and oxygen atoms in total. The lowest BCUT2D eigenvalue weighted by Crippen LogP contribution is -2.42. The standard InChI is InChI=1S/C16H12Br2INO3/c17-11-5-10(6-12(18)8-11)15(21)20-14(16(22)23)7-9-3-1-2-4-13(9)19/h1-6,8,14H,7H2,(H,20,21)(H,22,23)/t14-/m1/s1. The summed E-state index contributed by atoms with van der Waals surface area (Å²) >= 11 is 8.78. The van der Waals surface area contributed by atoms with Gasteiger partial charge in [0.1, 0.15) is 6.04 Å². The summed E-state index contributed by atoms with van der Waals surface area (Å²) in [4.78, 5) is 23.8. The minimum Gasteiger partial charge on any atom is -0.480 e. The molecule has 2 N–H and O–H groups in total. The average Bonchev–Trinajstić information content (AvgIpc) is 2.47. The Bertz CT molecular complexity index is 732. The molecule has 1 atom stereocenters. The molecular formula is C16H12Br2INO3. The predicted molar refractivity (Wildman–Crippen MR) is 104 cm³/mol. The third-order valence-corrected chi connectivity index (χ3v) is 5.08. The van der Waals surface area contributed by atoms with Gasteiger partial charge in [-0.25, -0.2) is 4.79 Å². The van der Waals surface area contributed by atoms with Crippen LogP contribution in [0, 0.1) is 3.57 Å². The van der Waals surface area contributed by atoms with E-state index in [0.29, 0.717) is 5.56 Å². The maximum absolute atomic E-state index is 12.3. The number of carbonyl (C=O) groups is 2. The summed E-state index contributed by atoms with van der Waals surface area (Å²) in [7, 11) is 0. The molecule has 0 fully saturated rings. The molecule has 0 unspecified atom stereocenters. The Labute approximate surface area is 164 Å². The molecule has 0 aromatic heterocycles. The van der Waals surface area contributed by atoms with Crippen LogP contribution in [0.5, 0.6) is 0 Å². The number of hydrogen-bond acceptors (Lipinski definition) is 2. The molecule has 0 saturated carbocycles. The quantitative estimate of drug-likeness (QED) is 0.545. The summed E-state index contributed by atoms with van der Waals surface area (Å²) in [6.07, 6.45) is 0.232. The summed E-state index contributed by atoms with van der Waals surface area (Å²) in [5, 5.41) is 12.0. The van der Waals surface area contributed by atoms with Crippen molar-refractivity contribution in [1.82, 2.24) is 5.32 Å². The van der Waals surface area contributed by atoms with Gasteiger partial charge in [0.2, 0.25) is 0 Å². The van der Waals surface area contributed by atoms with Gasteiger partial charge in [-0.1, -0.05) is 50.1 Å². The van der Waals surface area contributed by atoms with Crippen molar-refractivity contribution in [2.75, 3.05) is 0 Å². The summed E-state index contributed by atoms with van der Waals surface area (Å²) in [5.41, 5.74) is 1.27. The van der Waals surface area contributed by atoms with Gasteiger partial charge in [0.05, 0.1) is 0 Å². The Balaban J connectivity index is 2.18. The molecule has 0 heterocycles.